The molecule has 0 amide bonds. The van der Waals surface area contributed by atoms with E-state index in [0.717, 1.165) is 0 Å². The van der Waals surface area contributed by atoms with Gasteiger partial charge in [-0.3, -0.25) is 0 Å². The molecule has 1 saturated heterocycles. The van der Waals surface area contributed by atoms with Crippen molar-refractivity contribution in [3.8, 4) is 0 Å². The molecule has 0 bridgehead atoms. The Morgan fingerprint density at radius 3 is 2.48 bits per heavy atom. The van der Waals surface area contributed by atoms with Crippen LogP contribution >= 0.6 is 0 Å². The Morgan fingerprint density at radius 1 is 1.33 bits per heavy atom. The normalized spacial score (nSPS) is 21.9. The first-order chi connectivity index (χ1) is 9.70. The third kappa shape index (κ3) is 4.03. The molecule has 1 fully saturated rings. The molecule has 21 heavy (non-hydrogen) atoms. The number of carboxylic acid groups (broad SMARTS) is 1. The molecule has 0 aliphatic carbocycles. The van der Waals surface area contributed by atoms with E-state index >= 15 is 0 Å². The minimum Gasteiger partial charge on any atom is -0.478 e. The Morgan fingerprint density at radius 2 is 1.95 bits per heavy atom. The van der Waals surface area contributed by atoms with Crippen molar-refractivity contribution in [2.75, 3.05) is 6.61 Å². The Bertz CT molecular complexity index is 621. The van der Waals surface area contributed by atoms with Gasteiger partial charge in [-0.2, -0.15) is 0 Å². The van der Waals surface area contributed by atoms with E-state index in [4.69, 9.17) is 9.84 Å². The molecule has 116 valence electrons. The Balaban J connectivity index is 2.13. The van der Waals surface area contributed by atoms with Crippen molar-refractivity contribution in [1.82, 2.24) is 4.72 Å². The lowest BCUT2D eigenvalue weighted by atomic mass is 9.95. The van der Waals surface area contributed by atoms with Crippen LogP contribution in [0.15, 0.2) is 29.2 Å². The fourth-order valence-corrected chi connectivity index (χ4v) is 3.67. The zero-order chi connectivity index (χ0) is 15.7. The molecule has 2 rings (SSSR count). The molecule has 0 aromatic heterocycles. The first-order valence-corrected chi connectivity index (χ1v) is 8.18. The smallest absolute Gasteiger partial charge is 0.335 e. The molecule has 2 N–H and O–H groups in total. The van der Waals surface area contributed by atoms with Crippen LogP contribution in [-0.2, 0) is 14.8 Å². The van der Waals surface area contributed by atoms with Crippen molar-refractivity contribution in [1.29, 1.82) is 0 Å². The molecular formula is C14H19NO5S. The van der Waals surface area contributed by atoms with Gasteiger partial charge in [0.2, 0.25) is 10.0 Å². The fraction of sp³-hybridized carbons (Fsp3) is 0.500. The summed E-state index contributed by atoms with van der Waals surface area (Å²) in [5.74, 6) is -1.09. The van der Waals surface area contributed by atoms with Crippen LogP contribution in [0.3, 0.4) is 0 Å². The molecule has 0 radical (unpaired) electrons. The lowest BCUT2D eigenvalue weighted by Crippen LogP contribution is -2.45. The standard InChI is InChI=1S/C14H19NO5S/c1-14(2)9-11(7-8-20-14)15-21(18,19)12-5-3-10(4-6-12)13(16)17/h3-6,11,15H,7-9H2,1-2H3,(H,16,17). The maximum atomic E-state index is 12.3. The van der Waals surface area contributed by atoms with E-state index in [9.17, 15) is 13.2 Å². The number of ether oxygens (including phenoxy) is 1. The van der Waals surface area contributed by atoms with Crippen molar-refractivity contribution in [3.05, 3.63) is 29.8 Å². The Hall–Kier alpha value is -1.44. The number of sulfonamides is 1. The number of benzene rings is 1. The van der Waals surface area contributed by atoms with Crippen LogP contribution in [0.4, 0.5) is 0 Å². The minimum absolute atomic E-state index is 0.0566. The van der Waals surface area contributed by atoms with Gasteiger partial charge in [0.25, 0.3) is 0 Å². The number of hydrogen-bond donors (Lipinski definition) is 2. The van der Waals surface area contributed by atoms with E-state index in [0.29, 0.717) is 19.4 Å². The number of hydrogen-bond acceptors (Lipinski definition) is 4. The number of nitrogens with one attached hydrogen (secondary N) is 1. The van der Waals surface area contributed by atoms with Crippen molar-refractivity contribution in [3.63, 3.8) is 0 Å². The summed E-state index contributed by atoms with van der Waals surface area (Å²) in [5.41, 5.74) is -0.292. The summed E-state index contributed by atoms with van der Waals surface area (Å²) < 4.78 is 32.8. The van der Waals surface area contributed by atoms with Gasteiger partial charge in [-0.25, -0.2) is 17.9 Å². The second-order valence-corrected chi connectivity index (χ2v) is 7.46. The highest BCUT2D eigenvalue weighted by Crippen LogP contribution is 2.25. The molecular weight excluding hydrogens is 294 g/mol. The Kier molecular flexibility index (Phi) is 4.36. The van der Waals surface area contributed by atoms with Gasteiger partial charge in [0.15, 0.2) is 0 Å². The van der Waals surface area contributed by atoms with Gasteiger partial charge in [-0.1, -0.05) is 0 Å². The molecule has 1 atom stereocenters. The number of carboxylic acids is 1. The predicted octanol–water partition coefficient (Wildman–Crippen LogP) is 1.62. The largest absolute Gasteiger partial charge is 0.478 e. The van der Waals surface area contributed by atoms with Crippen LogP contribution in [0.1, 0.15) is 37.0 Å². The average molecular weight is 313 g/mol. The monoisotopic (exact) mass is 313 g/mol. The summed E-state index contributed by atoms with van der Waals surface area (Å²) in [4.78, 5) is 10.8. The highest BCUT2D eigenvalue weighted by atomic mass is 32.2. The number of carbonyl (C=O) groups is 1. The van der Waals surface area contributed by atoms with Gasteiger partial charge < -0.3 is 9.84 Å². The zero-order valence-corrected chi connectivity index (χ0v) is 12.8. The molecule has 1 unspecified atom stereocenters. The molecule has 1 aliphatic heterocycles. The lowest BCUT2D eigenvalue weighted by Gasteiger charge is -2.35. The summed E-state index contributed by atoms with van der Waals surface area (Å²) in [6, 6.07) is 4.99. The SMILES string of the molecule is CC1(C)CC(NS(=O)(=O)c2ccc(C(=O)O)cc2)CCO1. The van der Waals surface area contributed by atoms with Crippen LogP contribution < -0.4 is 4.72 Å². The van der Waals surface area contributed by atoms with Crippen LogP contribution in [0.5, 0.6) is 0 Å². The summed E-state index contributed by atoms with van der Waals surface area (Å²) in [7, 11) is -3.65. The Labute approximate surface area is 124 Å². The van der Waals surface area contributed by atoms with Gasteiger partial charge >= 0.3 is 5.97 Å². The van der Waals surface area contributed by atoms with Crippen LogP contribution in [0, 0.1) is 0 Å². The van der Waals surface area contributed by atoms with E-state index in [1.54, 1.807) is 0 Å². The first kappa shape index (κ1) is 15.9. The third-order valence-electron chi connectivity index (χ3n) is 3.43. The first-order valence-electron chi connectivity index (χ1n) is 6.69. The quantitative estimate of drug-likeness (QED) is 0.881. The summed E-state index contributed by atoms with van der Waals surface area (Å²) in [6.07, 6.45) is 1.22. The van der Waals surface area contributed by atoms with Crippen molar-refractivity contribution < 1.29 is 23.1 Å². The number of aromatic carboxylic acids is 1. The molecule has 0 saturated carbocycles. The van der Waals surface area contributed by atoms with Crippen molar-refractivity contribution >= 4 is 16.0 Å². The van der Waals surface area contributed by atoms with Crippen molar-refractivity contribution in [2.45, 2.75) is 43.2 Å². The van der Waals surface area contributed by atoms with E-state index in [1.807, 2.05) is 13.8 Å². The third-order valence-corrected chi connectivity index (χ3v) is 4.97. The number of rotatable bonds is 4. The average Bonchev–Trinajstić information content (AvgIpc) is 2.37. The van der Waals surface area contributed by atoms with Gasteiger partial charge in [0, 0.05) is 12.6 Å². The van der Waals surface area contributed by atoms with Gasteiger partial charge in [-0.05, 0) is 51.0 Å². The maximum absolute atomic E-state index is 12.3. The van der Waals surface area contributed by atoms with Gasteiger partial charge in [0.05, 0.1) is 16.1 Å². The van der Waals surface area contributed by atoms with Crippen LogP contribution in [0.25, 0.3) is 0 Å². The molecule has 1 aliphatic rings. The van der Waals surface area contributed by atoms with Gasteiger partial charge in [-0.15, -0.1) is 0 Å². The molecule has 7 heteroatoms. The molecule has 1 heterocycles. The second-order valence-electron chi connectivity index (χ2n) is 5.75. The summed E-state index contributed by atoms with van der Waals surface area (Å²) in [5, 5.41) is 8.82. The van der Waals surface area contributed by atoms with E-state index < -0.39 is 16.0 Å². The van der Waals surface area contributed by atoms with E-state index in [1.165, 1.54) is 24.3 Å². The predicted molar refractivity (Wildman–Crippen MR) is 76.8 cm³/mol. The van der Waals surface area contributed by atoms with Crippen molar-refractivity contribution in [2.24, 2.45) is 0 Å². The molecule has 1 aromatic rings. The topological polar surface area (TPSA) is 92.7 Å². The molecule has 0 spiro atoms. The van der Waals surface area contributed by atoms with E-state index in [2.05, 4.69) is 4.72 Å². The van der Waals surface area contributed by atoms with Gasteiger partial charge in [0.1, 0.15) is 0 Å². The molecule has 6 nitrogen and oxygen atoms in total. The van der Waals surface area contributed by atoms with Crippen LogP contribution in [0.2, 0.25) is 0 Å². The summed E-state index contributed by atoms with van der Waals surface area (Å²) >= 11 is 0. The fourth-order valence-electron chi connectivity index (χ4n) is 2.40. The highest BCUT2D eigenvalue weighted by Gasteiger charge is 2.31. The second kappa shape index (κ2) is 5.75. The maximum Gasteiger partial charge on any atom is 0.335 e. The zero-order valence-electron chi connectivity index (χ0n) is 12.0. The lowest BCUT2D eigenvalue weighted by molar-refractivity contribution is -0.0599. The van der Waals surface area contributed by atoms with Crippen LogP contribution in [-0.4, -0.2) is 37.7 Å². The van der Waals surface area contributed by atoms with E-state index in [-0.39, 0.29) is 22.1 Å². The highest BCUT2D eigenvalue weighted by molar-refractivity contribution is 7.89. The summed E-state index contributed by atoms with van der Waals surface area (Å²) in [6.45, 7) is 4.36. The molecule has 1 aromatic carbocycles. The minimum atomic E-state index is -3.65.